The summed E-state index contributed by atoms with van der Waals surface area (Å²) in [6.07, 6.45) is 3.47. The number of hydrogen-bond donors (Lipinski definition) is 1. The number of fused-ring (bicyclic) bond motifs is 1. The Balaban J connectivity index is 1.38. The van der Waals surface area contributed by atoms with Crippen molar-refractivity contribution in [2.24, 2.45) is 10.7 Å². The Labute approximate surface area is 150 Å². The molecule has 1 fully saturated rings. The Bertz CT molecular complexity index is 911. The largest absolute Gasteiger partial charge is 0.370 e. The number of nitrogens with zero attached hydrogens (tertiary/aromatic N) is 6. The van der Waals surface area contributed by atoms with Gasteiger partial charge in [0.25, 0.3) is 0 Å². The van der Waals surface area contributed by atoms with E-state index in [9.17, 15) is 4.39 Å². The van der Waals surface area contributed by atoms with Gasteiger partial charge in [0.1, 0.15) is 5.82 Å². The van der Waals surface area contributed by atoms with Gasteiger partial charge in [0.2, 0.25) is 0 Å². The Morgan fingerprint density at radius 1 is 1.04 bits per heavy atom. The molecule has 0 radical (unpaired) electrons. The highest BCUT2D eigenvalue weighted by molar-refractivity contribution is 5.78. The molecule has 0 amide bonds. The molecule has 2 N–H and O–H groups in total. The second-order valence-electron chi connectivity index (χ2n) is 6.16. The number of aliphatic imine (C=N–C) groups is 1. The fraction of sp³-hybridized carbons (Fsp3) is 0.278. The first-order valence-corrected chi connectivity index (χ1v) is 8.54. The van der Waals surface area contributed by atoms with Crippen LogP contribution in [0.3, 0.4) is 0 Å². The second kappa shape index (κ2) is 6.99. The van der Waals surface area contributed by atoms with Gasteiger partial charge in [-0.25, -0.2) is 18.9 Å². The van der Waals surface area contributed by atoms with Crippen molar-refractivity contribution in [1.82, 2.24) is 19.5 Å². The number of hydrogen-bond acceptors (Lipinski definition) is 4. The van der Waals surface area contributed by atoms with E-state index in [1.165, 1.54) is 12.1 Å². The first kappa shape index (κ1) is 16.3. The minimum absolute atomic E-state index is 0.217. The van der Waals surface area contributed by atoms with E-state index in [1.54, 1.807) is 29.0 Å². The standard InChI is InChI=1S/C18H20FN7/c19-14-1-3-15(4-2-14)24-9-11-25(12-10-24)18(20)22-13-16-5-7-21-17-6-8-23-26(16)17/h1-8H,9-13H2,(H2,20,22). The molecule has 3 aromatic rings. The lowest BCUT2D eigenvalue weighted by Crippen LogP contribution is -2.51. The summed E-state index contributed by atoms with van der Waals surface area (Å²) in [6.45, 7) is 3.65. The summed E-state index contributed by atoms with van der Waals surface area (Å²) in [4.78, 5) is 13.1. The minimum atomic E-state index is -0.217. The van der Waals surface area contributed by atoms with Gasteiger partial charge in [0.05, 0.1) is 18.4 Å². The summed E-state index contributed by atoms with van der Waals surface area (Å²) in [5.41, 5.74) is 8.94. The van der Waals surface area contributed by atoms with Gasteiger partial charge in [-0.2, -0.15) is 5.10 Å². The number of halogens is 1. The van der Waals surface area contributed by atoms with E-state index in [4.69, 9.17) is 5.73 Å². The molecule has 1 aliphatic heterocycles. The molecule has 0 aliphatic carbocycles. The summed E-state index contributed by atoms with van der Waals surface area (Å²) < 4.78 is 14.8. The van der Waals surface area contributed by atoms with Crippen LogP contribution in [-0.2, 0) is 6.54 Å². The Morgan fingerprint density at radius 3 is 2.58 bits per heavy atom. The first-order valence-electron chi connectivity index (χ1n) is 8.54. The quantitative estimate of drug-likeness (QED) is 0.571. The van der Waals surface area contributed by atoms with Crippen molar-refractivity contribution in [3.8, 4) is 0 Å². The number of benzene rings is 1. The highest BCUT2D eigenvalue weighted by Gasteiger charge is 2.18. The highest BCUT2D eigenvalue weighted by atomic mass is 19.1. The van der Waals surface area contributed by atoms with Crippen LogP contribution in [0.25, 0.3) is 5.65 Å². The zero-order chi connectivity index (χ0) is 17.9. The normalized spacial score (nSPS) is 15.7. The molecule has 0 atom stereocenters. The molecule has 2 aromatic heterocycles. The molecule has 1 aromatic carbocycles. The van der Waals surface area contributed by atoms with Gasteiger partial charge < -0.3 is 15.5 Å². The third-order valence-corrected chi connectivity index (χ3v) is 4.57. The Morgan fingerprint density at radius 2 is 1.81 bits per heavy atom. The summed E-state index contributed by atoms with van der Waals surface area (Å²) in [7, 11) is 0. The molecular weight excluding hydrogens is 333 g/mol. The minimum Gasteiger partial charge on any atom is -0.370 e. The molecule has 0 bridgehead atoms. The van der Waals surface area contributed by atoms with E-state index >= 15 is 0 Å². The van der Waals surface area contributed by atoms with E-state index in [0.717, 1.165) is 43.2 Å². The molecule has 1 saturated heterocycles. The average Bonchev–Trinajstić information content (AvgIpc) is 3.16. The van der Waals surface area contributed by atoms with Crippen molar-refractivity contribution in [2.75, 3.05) is 31.1 Å². The van der Waals surface area contributed by atoms with Crippen molar-refractivity contribution in [1.29, 1.82) is 0 Å². The molecule has 3 heterocycles. The van der Waals surface area contributed by atoms with Gasteiger partial charge in [0.15, 0.2) is 11.6 Å². The van der Waals surface area contributed by atoms with Crippen LogP contribution in [0.4, 0.5) is 10.1 Å². The van der Waals surface area contributed by atoms with Gasteiger partial charge in [-0.15, -0.1) is 0 Å². The zero-order valence-corrected chi connectivity index (χ0v) is 14.3. The fourth-order valence-electron chi connectivity index (χ4n) is 3.11. The summed E-state index contributed by atoms with van der Waals surface area (Å²) in [5, 5.41) is 4.26. The topological polar surface area (TPSA) is 75.0 Å². The van der Waals surface area contributed by atoms with Crippen LogP contribution in [0.5, 0.6) is 0 Å². The molecule has 1 aliphatic rings. The maximum Gasteiger partial charge on any atom is 0.191 e. The number of guanidine groups is 1. The van der Waals surface area contributed by atoms with Gasteiger partial charge in [-0.05, 0) is 30.3 Å². The molecule has 4 rings (SSSR count). The summed E-state index contributed by atoms with van der Waals surface area (Å²) >= 11 is 0. The van der Waals surface area contributed by atoms with E-state index in [0.29, 0.717) is 12.5 Å². The van der Waals surface area contributed by atoms with Crippen molar-refractivity contribution in [2.45, 2.75) is 6.54 Å². The van der Waals surface area contributed by atoms with Crippen LogP contribution < -0.4 is 10.6 Å². The smallest absolute Gasteiger partial charge is 0.191 e. The lowest BCUT2D eigenvalue weighted by atomic mass is 10.2. The second-order valence-corrected chi connectivity index (χ2v) is 6.16. The summed E-state index contributed by atoms with van der Waals surface area (Å²) in [5.74, 6) is 0.312. The van der Waals surface area contributed by atoms with Crippen LogP contribution >= 0.6 is 0 Å². The Kier molecular flexibility index (Phi) is 4.39. The van der Waals surface area contributed by atoms with Crippen molar-refractivity contribution >= 4 is 17.3 Å². The number of nitrogens with two attached hydrogens (primary N) is 1. The maximum atomic E-state index is 13.1. The predicted octanol–water partition coefficient (Wildman–Crippen LogP) is 1.51. The molecule has 8 heteroatoms. The maximum absolute atomic E-state index is 13.1. The van der Waals surface area contributed by atoms with E-state index in [1.807, 2.05) is 12.1 Å². The Hall–Kier alpha value is -3.16. The number of aromatic nitrogens is 3. The zero-order valence-electron chi connectivity index (χ0n) is 14.3. The van der Waals surface area contributed by atoms with Crippen molar-refractivity contribution in [3.05, 3.63) is 60.3 Å². The molecule has 7 nitrogen and oxygen atoms in total. The van der Waals surface area contributed by atoms with E-state index in [2.05, 4.69) is 24.9 Å². The number of piperazine rings is 1. The SMILES string of the molecule is NC(=NCc1ccnc2ccnn12)N1CCN(c2ccc(F)cc2)CC1. The van der Waals surface area contributed by atoms with Crippen LogP contribution in [0, 0.1) is 5.82 Å². The monoisotopic (exact) mass is 353 g/mol. The van der Waals surface area contributed by atoms with Crippen molar-refractivity contribution < 1.29 is 4.39 Å². The third-order valence-electron chi connectivity index (χ3n) is 4.57. The summed E-state index contributed by atoms with van der Waals surface area (Å²) in [6, 6.07) is 10.3. The van der Waals surface area contributed by atoms with Crippen LogP contribution in [-0.4, -0.2) is 51.6 Å². The molecule has 0 spiro atoms. The van der Waals surface area contributed by atoms with Crippen LogP contribution in [0.2, 0.25) is 0 Å². The lowest BCUT2D eigenvalue weighted by molar-refractivity contribution is 0.380. The van der Waals surface area contributed by atoms with Gasteiger partial charge in [-0.1, -0.05) is 0 Å². The molecule has 0 unspecified atom stereocenters. The predicted molar refractivity (Wildman–Crippen MR) is 98.5 cm³/mol. The van der Waals surface area contributed by atoms with Crippen LogP contribution in [0.1, 0.15) is 5.69 Å². The lowest BCUT2D eigenvalue weighted by Gasteiger charge is -2.36. The molecule has 134 valence electrons. The van der Waals surface area contributed by atoms with E-state index < -0.39 is 0 Å². The molecule has 0 saturated carbocycles. The van der Waals surface area contributed by atoms with Crippen LogP contribution in [0.15, 0.2) is 53.8 Å². The molecular formula is C18H20FN7. The molecule has 26 heavy (non-hydrogen) atoms. The highest BCUT2D eigenvalue weighted by Crippen LogP contribution is 2.17. The fourth-order valence-corrected chi connectivity index (χ4v) is 3.11. The number of anilines is 1. The van der Waals surface area contributed by atoms with E-state index in [-0.39, 0.29) is 5.82 Å². The first-order chi connectivity index (χ1) is 12.7. The number of rotatable bonds is 3. The van der Waals surface area contributed by atoms with Gasteiger partial charge in [-0.3, -0.25) is 0 Å². The third kappa shape index (κ3) is 3.30. The van der Waals surface area contributed by atoms with Gasteiger partial charge in [0, 0.05) is 44.1 Å². The van der Waals surface area contributed by atoms with Crippen molar-refractivity contribution in [3.63, 3.8) is 0 Å². The van der Waals surface area contributed by atoms with Gasteiger partial charge >= 0.3 is 0 Å². The average molecular weight is 353 g/mol.